The van der Waals surface area contributed by atoms with Gasteiger partial charge in [0, 0.05) is 36.8 Å². The Balaban J connectivity index is 1.46. The summed E-state index contributed by atoms with van der Waals surface area (Å²) in [5, 5.41) is 11.7. The van der Waals surface area contributed by atoms with Crippen molar-refractivity contribution in [2.45, 2.75) is 38.7 Å². The summed E-state index contributed by atoms with van der Waals surface area (Å²) in [6.07, 6.45) is 0.706. The summed E-state index contributed by atoms with van der Waals surface area (Å²) in [4.78, 5) is 27.7. The predicted octanol–water partition coefficient (Wildman–Crippen LogP) is 4.31. The highest BCUT2D eigenvalue weighted by molar-refractivity contribution is 6.31. The standard InChI is InChI=1S/C26H31ClN2O5/c1-4-33-26(32)17-9-11-29(12-10-17)19-6-7-20(21(27)14-19)16(2)25(31)18-5-8-23-22(13-18)28(3)24(30)15-34-23/h5-8,13-14,16-17,25,31H,4,9-12,15H2,1-3H3/t16-,25-/m0/s1. The number of amides is 1. The Morgan fingerprint density at radius 3 is 2.65 bits per heavy atom. The Hall–Kier alpha value is -2.77. The van der Waals surface area contributed by atoms with E-state index in [0.29, 0.717) is 28.6 Å². The minimum atomic E-state index is -0.806. The molecule has 0 radical (unpaired) electrons. The van der Waals surface area contributed by atoms with E-state index in [1.54, 1.807) is 24.1 Å². The van der Waals surface area contributed by atoms with Crippen molar-refractivity contribution in [3.63, 3.8) is 0 Å². The molecule has 8 heteroatoms. The molecular weight excluding hydrogens is 456 g/mol. The number of benzene rings is 2. The predicted molar refractivity (Wildman–Crippen MR) is 132 cm³/mol. The first-order chi connectivity index (χ1) is 16.3. The second kappa shape index (κ2) is 10.2. The van der Waals surface area contributed by atoms with E-state index in [9.17, 15) is 14.7 Å². The van der Waals surface area contributed by atoms with Gasteiger partial charge in [0.05, 0.1) is 24.3 Å². The quantitative estimate of drug-likeness (QED) is 0.613. The summed E-state index contributed by atoms with van der Waals surface area (Å²) in [7, 11) is 1.70. The average molecular weight is 487 g/mol. The molecular formula is C26H31ClN2O5. The first kappa shape index (κ1) is 24.4. The molecule has 2 aliphatic rings. The van der Waals surface area contributed by atoms with Gasteiger partial charge < -0.3 is 24.4 Å². The number of carbonyl (C=O) groups excluding carboxylic acids is 2. The van der Waals surface area contributed by atoms with Crippen LogP contribution in [0.25, 0.3) is 0 Å². The molecule has 4 rings (SSSR count). The van der Waals surface area contributed by atoms with Gasteiger partial charge in [0.25, 0.3) is 5.91 Å². The Kier molecular flexibility index (Phi) is 7.33. The minimum absolute atomic E-state index is 0.0181. The summed E-state index contributed by atoms with van der Waals surface area (Å²) in [5.41, 5.74) is 3.19. The highest BCUT2D eigenvalue weighted by Gasteiger charge is 2.28. The van der Waals surface area contributed by atoms with E-state index in [0.717, 1.165) is 37.2 Å². The first-order valence-corrected chi connectivity index (χ1v) is 12.1. The molecule has 2 heterocycles. The third kappa shape index (κ3) is 4.86. The van der Waals surface area contributed by atoms with Gasteiger partial charge in [0.1, 0.15) is 5.75 Å². The number of nitrogens with zero attached hydrogens (tertiary/aromatic N) is 2. The summed E-state index contributed by atoms with van der Waals surface area (Å²) in [5.74, 6) is 0.0803. The van der Waals surface area contributed by atoms with Gasteiger partial charge in [-0.1, -0.05) is 30.7 Å². The van der Waals surface area contributed by atoms with Crippen LogP contribution in [0.4, 0.5) is 11.4 Å². The van der Waals surface area contributed by atoms with Crippen LogP contribution in [0.15, 0.2) is 36.4 Å². The SMILES string of the molecule is CCOC(=O)C1CCN(c2ccc([C@H](C)[C@H](O)c3ccc4c(c3)N(C)C(=O)CO4)c(Cl)c2)CC1. The van der Waals surface area contributed by atoms with Crippen LogP contribution in [0, 0.1) is 5.92 Å². The number of aliphatic hydroxyl groups excluding tert-OH is 1. The van der Waals surface area contributed by atoms with Crippen LogP contribution in [0.2, 0.25) is 5.02 Å². The highest BCUT2D eigenvalue weighted by Crippen LogP contribution is 2.40. The van der Waals surface area contributed by atoms with Crippen LogP contribution in [0.3, 0.4) is 0 Å². The fraction of sp³-hybridized carbons (Fsp3) is 0.462. The van der Waals surface area contributed by atoms with E-state index in [2.05, 4.69) is 4.90 Å². The number of hydrogen-bond donors (Lipinski definition) is 1. The molecule has 182 valence electrons. The van der Waals surface area contributed by atoms with Crippen LogP contribution in [-0.4, -0.2) is 50.3 Å². The van der Waals surface area contributed by atoms with Gasteiger partial charge in [-0.05, 0) is 55.2 Å². The second-order valence-electron chi connectivity index (χ2n) is 8.92. The number of halogens is 1. The zero-order chi connectivity index (χ0) is 24.4. The van der Waals surface area contributed by atoms with Crippen molar-refractivity contribution in [1.29, 1.82) is 0 Å². The molecule has 0 bridgehead atoms. The van der Waals surface area contributed by atoms with Crippen LogP contribution in [-0.2, 0) is 14.3 Å². The maximum Gasteiger partial charge on any atom is 0.309 e. The van der Waals surface area contributed by atoms with Crippen LogP contribution >= 0.6 is 11.6 Å². The Morgan fingerprint density at radius 1 is 1.24 bits per heavy atom. The fourth-order valence-electron chi connectivity index (χ4n) is 4.65. The van der Waals surface area contributed by atoms with Gasteiger partial charge in [0.15, 0.2) is 6.61 Å². The van der Waals surface area contributed by atoms with Gasteiger partial charge in [-0.3, -0.25) is 9.59 Å². The molecule has 1 saturated heterocycles. The number of hydrogen-bond acceptors (Lipinski definition) is 6. The summed E-state index contributed by atoms with van der Waals surface area (Å²) in [6, 6.07) is 11.3. The van der Waals surface area contributed by atoms with Crippen molar-refractivity contribution in [2.75, 3.05) is 43.2 Å². The molecule has 1 fully saturated rings. The molecule has 2 aliphatic heterocycles. The second-order valence-corrected chi connectivity index (χ2v) is 9.33. The molecule has 1 N–H and O–H groups in total. The smallest absolute Gasteiger partial charge is 0.309 e. The topological polar surface area (TPSA) is 79.3 Å². The van der Waals surface area contributed by atoms with E-state index in [-0.39, 0.29) is 30.3 Å². The molecule has 1 amide bonds. The van der Waals surface area contributed by atoms with Crippen molar-refractivity contribution in [3.05, 3.63) is 52.5 Å². The number of fused-ring (bicyclic) bond motifs is 1. The van der Waals surface area contributed by atoms with Crippen molar-refractivity contribution in [1.82, 2.24) is 0 Å². The number of rotatable bonds is 6. The summed E-state index contributed by atoms with van der Waals surface area (Å²) >= 11 is 6.67. The molecule has 0 aromatic heterocycles. The maximum absolute atomic E-state index is 12.0. The van der Waals surface area contributed by atoms with Crippen molar-refractivity contribution in [2.24, 2.45) is 5.92 Å². The lowest BCUT2D eigenvalue weighted by molar-refractivity contribution is -0.148. The number of likely N-dealkylation sites (N-methyl/N-ethyl adjacent to an activating group) is 1. The zero-order valence-corrected chi connectivity index (χ0v) is 20.5. The Bertz CT molecular complexity index is 1070. The molecule has 0 unspecified atom stereocenters. The molecule has 0 saturated carbocycles. The lowest BCUT2D eigenvalue weighted by atomic mass is 9.90. The maximum atomic E-state index is 12.0. The number of esters is 1. The molecule has 34 heavy (non-hydrogen) atoms. The first-order valence-electron chi connectivity index (χ1n) is 11.7. The largest absolute Gasteiger partial charge is 0.482 e. The van der Waals surface area contributed by atoms with Gasteiger partial charge in [-0.25, -0.2) is 0 Å². The van der Waals surface area contributed by atoms with Crippen LogP contribution in [0.1, 0.15) is 49.8 Å². The fourth-order valence-corrected chi connectivity index (χ4v) is 4.99. The van der Waals surface area contributed by atoms with E-state index >= 15 is 0 Å². The lowest BCUT2D eigenvalue weighted by Crippen LogP contribution is -2.37. The molecule has 7 nitrogen and oxygen atoms in total. The summed E-state index contributed by atoms with van der Waals surface area (Å²) in [6.45, 7) is 5.72. The van der Waals surface area contributed by atoms with E-state index in [4.69, 9.17) is 21.1 Å². The minimum Gasteiger partial charge on any atom is -0.482 e. The monoisotopic (exact) mass is 486 g/mol. The third-order valence-corrected chi connectivity index (χ3v) is 7.17. The molecule has 2 aromatic rings. The van der Waals surface area contributed by atoms with Crippen LogP contribution < -0.4 is 14.5 Å². The zero-order valence-electron chi connectivity index (χ0n) is 19.8. The Labute approximate surface area is 205 Å². The molecule has 2 aromatic carbocycles. The normalized spacial score (nSPS) is 18.2. The van der Waals surface area contributed by atoms with Gasteiger partial charge >= 0.3 is 5.97 Å². The van der Waals surface area contributed by atoms with Gasteiger partial charge in [-0.2, -0.15) is 0 Å². The van der Waals surface area contributed by atoms with Crippen molar-refractivity contribution >= 4 is 34.9 Å². The number of aliphatic hydroxyl groups is 1. The van der Waals surface area contributed by atoms with Gasteiger partial charge in [0.2, 0.25) is 0 Å². The number of piperidine rings is 1. The molecule has 0 spiro atoms. The van der Waals surface area contributed by atoms with Crippen molar-refractivity contribution < 1.29 is 24.2 Å². The van der Waals surface area contributed by atoms with E-state index in [1.165, 1.54) is 0 Å². The van der Waals surface area contributed by atoms with E-state index < -0.39 is 6.10 Å². The lowest BCUT2D eigenvalue weighted by Gasteiger charge is -2.33. The Morgan fingerprint density at radius 2 is 1.97 bits per heavy atom. The summed E-state index contributed by atoms with van der Waals surface area (Å²) < 4.78 is 10.6. The van der Waals surface area contributed by atoms with Crippen molar-refractivity contribution in [3.8, 4) is 5.75 Å². The molecule has 0 aliphatic carbocycles. The number of anilines is 2. The number of ether oxygens (including phenoxy) is 2. The highest BCUT2D eigenvalue weighted by atomic mass is 35.5. The third-order valence-electron chi connectivity index (χ3n) is 6.84. The number of carbonyl (C=O) groups is 2. The van der Waals surface area contributed by atoms with E-state index in [1.807, 2.05) is 38.1 Å². The van der Waals surface area contributed by atoms with Crippen LogP contribution in [0.5, 0.6) is 5.75 Å². The molecule has 2 atom stereocenters. The van der Waals surface area contributed by atoms with Gasteiger partial charge in [-0.15, -0.1) is 0 Å². The average Bonchev–Trinajstić information content (AvgIpc) is 2.85.